The molecule has 2 rings (SSSR count). The normalized spacial score (nSPS) is 14.9. The monoisotopic (exact) mass is 234 g/mol. The highest BCUT2D eigenvalue weighted by molar-refractivity contribution is 5.82. The van der Waals surface area contributed by atoms with Crippen LogP contribution in [0.1, 0.15) is 12.5 Å². The SMILES string of the molecule is CCOC1=NNCN1N=Cc1ccc(O)cc1. The first-order chi connectivity index (χ1) is 8.29. The molecule has 90 valence electrons. The van der Waals surface area contributed by atoms with Gasteiger partial charge in [0.15, 0.2) is 0 Å². The number of hydrogen-bond donors (Lipinski definition) is 2. The van der Waals surface area contributed by atoms with Crippen LogP contribution in [0.4, 0.5) is 0 Å². The van der Waals surface area contributed by atoms with Crippen LogP contribution < -0.4 is 5.43 Å². The maximum atomic E-state index is 9.14. The molecule has 1 aliphatic rings. The minimum Gasteiger partial charge on any atom is -0.508 e. The summed E-state index contributed by atoms with van der Waals surface area (Å²) >= 11 is 0. The molecule has 6 nitrogen and oxygen atoms in total. The van der Waals surface area contributed by atoms with E-state index in [1.807, 2.05) is 6.92 Å². The largest absolute Gasteiger partial charge is 0.508 e. The minimum atomic E-state index is 0.238. The second kappa shape index (κ2) is 5.20. The number of ether oxygens (including phenoxy) is 1. The zero-order valence-electron chi connectivity index (χ0n) is 9.50. The van der Waals surface area contributed by atoms with Crippen LogP contribution >= 0.6 is 0 Å². The van der Waals surface area contributed by atoms with Crippen LogP contribution in [0.2, 0.25) is 0 Å². The average Bonchev–Trinajstić information content (AvgIpc) is 2.77. The van der Waals surface area contributed by atoms with E-state index in [4.69, 9.17) is 9.84 Å². The lowest BCUT2D eigenvalue weighted by molar-refractivity contribution is 0.262. The molecule has 0 saturated carbocycles. The third kappa shape index (κ3) is 2.87. The maximum absolute atomic E-state index is 9.14. The predicted molar refractivity (Wildman–Crippen MR) is 64.6 cm³/mol. The van der Waals surface area contributed by atoms with Gasteiger partial charge in [0.05, 0.1) is 12.8 Å². The summed E-state index contributed by atoms with van der Waals surface area (Å²) in [6.07, 6.45) is 1.68. The minimum absolute atomic E-state index is 0.238. The van der Waals surface area contributed by atoms with E-state index in [0.717, 1.165) is 5.56 Å². The first-order valence-corrected chi connectivity index (χ1v) is 5.33. The van der Waals surface area contributed by atoms with Gasteiger partial charge in [-0.15, -0.1) is 5.10 Å². The van der Waals surface area contributed by atoms with E-state index < -0.39 is 0 Å². The van der Waals surface area contributed by atoms with Gasteiger partial charge < -0.3 is 9.84 Å². The summed E-state index contributed by atoms with van der Waals surface area (Å²) in [6.45, 7) is 2.93. The molecule has 0 spiro atoms. The molecular weight excluding hydrogens is 220 g/mol. The van der Waals surface area contributed by atoms with E-state index in [2.05, 4.69) is 15.6 Å². The van der Waals surface area contributed by atoms with Crippen molar-refractivity contribution in [3.63, 3.8) is 0 Å². The van der Waals surface area contributed by atoms with Gasteiger partial charge in [-0.1, -0.05) is 0 Å². The van der Waals surface area contributed by atoms with Crippen LogP contribution in [0.25, 0.3) is 0 Å². The number of rotatable bonds is 3. The highest BCUT2D eigenvalue weighted by atomic mass is 16.5. The Morgan fingerprint density at radius 1 is 1.53 bits per heavy atom. The van der Waals surface area contributed by atoms with Gasteiger partial charge in [-0.3, -0.25) is 5.43 Å². The van der Waals surface area contributed by atoms with Crippen molar-refractivity contribution >= 4 is 12.2 Å². The van der Waals surface area contributed by atoms with Gasteiger partial charge in [0.25, 0.3) is 0 Å². The first kappa shape index (κ1) is 11.3. The molecule has 0 amide bonds. The summed E-state index contributed by atoms with van der Waals surface area (Å²) < 4.78 is 5.28. The molecule has 6 heteroatoms. The standard InChI is InChI=1S/C11H14N4O2/c1-2-17-11-14-12-8-15(11)13-7-9-3-5-10(16)6-4-9/h3-7,12,16H,2,8H2,1H3. The van der Waals surface area contributed by atoms with Gasteiger partial charge in [0.2, 0.25) is 0 Å². The Hall–Kier alpha value is -2.24. The molecule has 0 saturated heterocycles. The summed E-state index contributed by atoms with van der Waals surface area (Å²) in [5, 5.41) is 18.9. The number of benzene rings is 1. The quantitative estimate of drug-likeness (QED) is 0.762. The molecule has 1 aromatic carbocycles. The molecule has 0 unspecified atom stereocenters. The summed E-state index contributed by atoms with van der Waals surface area (Å²) in [7, 11) is 0. The van der Waals surface area contributed by atoms with Crippen molar-refractivity contribution in [2.24, 2.45) is 10.2 Å². The third-order valence-electron chi connectivity index (χ3n) is 2.13. The van der Waals surface area contributed by atoms with Crippen LogP contribution in [0, 0.1) is 0 Å². The number of nitrogens with zero attached hydrogens (tertiary/aromatic N) is 3. The molecule has 17 heavy (non-hydrogen) atoms. The fourth-order valence-electron chi connectivity index (χ4n) is 1.32. The molecule has 0 aliphatic carbocycles. The Morgan fingerprint density at radius 2 is 2.29 bits per heavy atom. The zero-order valence-corrected chi connectivity index (χ0v) is 9.50. The summed E-state index contributed by atoms with van der Waals surface area (Å²) in [5.41, 5.74) is 3.68. The molecule has 0 bridgehead atoms. The topological polar surface area (TPSA) is 69.5 Å². The number of phenolic OH excluding ortho intramolecular Hbond substituents is 1. The van der Waals surface area contributed by atoms with Crippen molar-refractivity contribution in [1.29, 1.82) is 0 Å². The summed E-state index contributed by atoms with van der Waals surface area (Å²) in [6, 6.07) is 7.24. The lowest BCUT2D eigenvalue weighted by Crippen LogP contribution is -2.26. The predicted octanol–water partition coefficient (Wildman–Crippen LogP) is 0.896. The van der Waals surface area contributed by atoms with Crippen LogP contribution in [0.5, 0.6) is 5.75 Å². The Morgan fingerprint density at radius 3 is 3.00 bits per heavy atom. The van der Waals surface area contributed by atoms with E-state index >= 15 is 0 Å². The van der Waals surface area contributed by atoms with Gasteiger partial charge in [0, 0.05) is 0 Å². The fourth-order valence-corrected chi connectivity index (χ4v) is 1.32. The van der Waals surface area contributed by atoms with Crippen molar-refractivity contribution in [1.82, 2.24) is 10.4 Å². The van der Waals surface area contributed by atoms with E-state index in [-0.39, 0.29) is 5.75 Å². The van der Waals surface area contributed by atoms with E-state index in [1.165, 1.54) is 0 Å². The van der Waals surface area contributed by atoms with E-state index in [0.29, 0.717) is 19.3 Å². The van der Waals surface area contributed by atoms with E-state index in [1.54, 1.807) is 35.5 Å². The van der Waals surface area contributed by atoms with Crippen LogP contribution in [0.3, 0.4) is 0 Å². The number of nitrogens with one attached hydrogen (secondary N) is 1. The Labute approximate surface area is 99.2 Å². The van der Waals surface area contributed by atoms with Crippen LogP contribution in [-0.4, -0.2) is 35.6 Å². The molecule has 2 N–H and O–H groups in total. The number of hydrogen-bond acceptors (Lipinski definition) is 6. The Balaban J connectivity index is 2.01. The summed E-state index contributed by atoms with van der Waals surface area (Å²) in [5.74, 6) is 0.238. The van der Waals surface area contributed by atoms with Gasteiger partial charge in [0.1, 0.15) is 12.4 Å². The molecular formula is C11H14N4O2. The van der Waals surface area contributed by atoms with Crippen LogP contribution in [-0.2, 0) is 4.74 Å². The highest BCUT2D eigenvalue weighted by Crippen LogP contribution is 2.08. The van der Waals surface area contributed by atoms with Gasteiger partial charge in [-0.05, 0) is 36.8 Å². The van der Waals surface area contributed by atoms with Gasteiger partial charge in [-0.2, -0.15) is 10.1 Å². The zero-order chi connectivity index (χ0) is 12.1. The second-order valence-electron chi connectivity index (χ2n) is 3.38. The van der Waals surface area contributed by atoms with Crippen molar-refractivity contribution in [2.75, 3.05) is 13.3 Å². The third-order valence-corrected chi connectivity index (χ3v) is 2.13. The Kier molecular flexibility index (Phi) is 3.44. The van der Waals surface area contributed by atoms with Crippen molar-refractivity contribution in [3.05, 3.63) is 29.8 Å². The van der Waals surface area contributed by atoms with Crippen molar-refractivity contribution in [3.8, 4) is 5.75 Å². The average molecular weight is 234 g/mol. The molecule has 1 aliphatic heterocycles. The highest BCUT2D eigenvalue weighted by Gasteiger charge is 2.16. The van der Waals surface area contributed by atoms with Crippen molar-refractivity contribution < 1.29 is 9.84 Å². The molecule has 1 heterocycles. The molecule has 0 radical (unpaired) electrons. The number of aromatic hydroxyl groups is 1. The molecule has 0 aromatic heterocycles. The second-order valence-corrected chi connectivity index (χ2v) is 3.38. The lowest BCUT2D eigenvalue weighted by atomic mass is 10.2. The summed E-state index contributed by atoms with van der Waals surface area (Å²) in [4.78, 5) is 0. The fraction of sp³-hybridized carbons (Fsp3) is 0.273. The maximum Gasteiger partial charge on any atom is 0.331 e. The number of phenols is 1. The lowest BCUT2D eigenvalue weighted by Gasteiger charge is -2.11. The van der Waals surface area contributed by atoms with Crippen molar-refractivity contribution in [2.45, 2.75) is 6.92 Å². The van der Waals surface area contributed by atoms with Gasteiger partial charge >= 0.3 is 6.02 Å². The first-order valence-electron chi connectivity index (χ1n) is 5.33. The Bertz CT molecular complexity index is 428. The van der Waals surface area contributed by atoms with Gasteiger partial charge in [-0.25, -0.2) is 0 Å². The molecule has 0 atom stereocenters. The molecule has 0 fully saturated rings. The van der Waals surface area contributed by atoms with Crippen LogP contribution in [0.15, 0.2) is 34.5 Å². The van der Waals surface area contributed by atoms with E-state index in [9.17, 15) is 0 Å². The number of amidine groups is 1. The molecule has 1 aromatic rings. The number of hydrazone groups is 2. The smallest absolute Gasteiger partial charge is 0.331 e.